The molecule has 0 aromatic heterocycles. The number of hydrogen-bond acceptors (Lipinski definition) is 1. The molecule has 0 aliphatic carbocycles. The molecule has 0 aliphatic rings. The van der Waals surface area contributed by atoms with Crippen LogP contribution in [-0.2, 0) is 4.79 Å². The van der Waals surface area contributed by atoms with Crippen molar-refractivity contribution in [1.82, 2.24) is 0 Å². The summed E-state index contributed by atoms with van der Waals surface area (Å²) in [6.07, 6.45) is 2.31. The minimum atomic E-state index is -0.953. The van der Waals surface area contributed by atoms with Crippen LogP contribution in [0.2, 0.25) is 0 Å². The van der Waals surface area contributed by atoms with Crippen LogP contribution in [-0.4, -0.2) is 11.1 Å². The van der Waals surface area contributed by atoms with E-state index >= 15 is 0 Å². The fourth-order valence-corrected chi connectivity index (χ4v) is 1.48. The van der Waals surface area contributed by atoms with Gasteiger partial charge in [0.1, 0.15) is 0 Å². The zero-order chi connectivity index (χ0) is 11.3. The van der Waals surface area contributed by atoms with Gasteiger partial charge in [-0.15, -0.1) is 6.58 Å². The number of carboxylic acid groups (broad SMARTS) is 1. The van der Waals surface area contributed by atoms with Gasteiger partial charge < -0.3 is 5.11 Å². The quantitative estimate of drug-likeness (QED) is 0.588. The first-order chi connectivity index (χ1) is 7.16. The number of aliphatic carboxylic acids is 1. The van der Waals surface area contributed by atoms with E-state index in [-0.39, 0.29) is 11.5 Å². The SMILES string of the molecule is C=CCC(C(=C)C(=O)O)c1ccccc1. The van der Waals surface area contributed by atoms with Gasteiger partial charge in [0.2, 0.25) is 0 Å². The van der Waals surface area contributed by atoms with Crippen molar-refractivity contribution in [3.05, 3.63) is 60.7 Å². The van der Waals surface area contributed by atoms with Gasteiger partial charge in [-0.2, -0.15) is 0 Å². The van der Waals surface area contributed by atoms with Crippen molar-refractivity contribution in [2.75, 3.05) is 0 Å². The average Bonchev–Trinajstić information content (AvgIpc) is 2.26. The zero-order valence-corrected chi connectivity index (χ0v) is 8.52. The van der Waals surface area contributed by atoms with E-state index < -0.39 is 5.97 Å². The van der Waals surface area contributed by atoms with Gasteiger partial charge in [0.25, 0.3) is 0 Å². The topological polar surface area (TPSA) is 37.3 Å². The third-order valence-electron chi connectivity index (χ3n) is 2.30. The number of rotatable bonds is 5. The number of carboxylic acids is 1. The molecule has 1 rings (SSSR count). The maximum Gasteiger partial charge on any atom is 0.331 e. The first-order valence-electron chi connectivity index (χ1n) is 4.74. The summed E-state index contributed by atoms with van der Waals surface area (Å²) in [5.74, 6) is -1.13. The Labute approximate surface area is 89.6 Å². The first-order valence-corrected chi connectivity index (χ1v) is 4.74. The molecular formula is C13H14O2. The van der Waals surface area contributed by atoms with E-state index in [4.69, 9.17) is 5.11 Å². The summed E-state index contributed by atoms with van der Waals surface area (Å²) in [7, 11) is 0. The summed E-state index contributed by atoms with van der Waals surface area (Å²) >= 11 is 0. The lowest BCUT2D eigenvalue weighted by atomic mass is 9.89. The molecule has 2 heteroatoms. The van der Waals surface area contributed by atoms with Crippen LogP contribution in [0.15, 0.2) is 55.1 Å². The fraction of sp³-hybridized carbons (Fsp3) is 0.154. The summed E-state index contributed by atoms with van der Waals surface area (Å²) in [4.78, 5) is 10.9. The van der Waals surface area contributed by atoms with Gasteiger partial charge >= 0.3 is 5.97 Å². The second-order valence-corrected chi connectivity index (χ2v) is 3.32. The van der Waals surface area contributed by atoms with E-state index in [1.807, 2.05) is 30.3 Å². The highest BCUT2D eigenvalue weighted by Crippen LogP contribution is 2.26. The molecule has 0 fully saturated rings. The molecule has 1 atom stereocenters. The molecule has 0 heterocycles. The van der Waals surface area contributed by atoms with Crippen molar-refractivity contribution < 1.29 is 9.90 Å². The number of benzene rings is 1. The fourth-order valence-electron chi connectivity index (χ4n) is 1.48. The van der Waals surface area contributed by atoms with Gasteiger partial charge in [0.05, 0.1) is 0 Å². The summed E-state index contributed by atoms with van der Waals surface area (Å²) in [6, 6.07) is 9.49. The molecule has 0 aliphatic heterocycles. The molecule has 15 heavy (non-hydrogen) atoms. The molecule has 0 saturated carbocycles. The number of hydrogen-bond donors (Lipinski definition) is 1. The smallest absolute Gasteiger partial charge is 0.331 e. The molecule has 78 valence electrons. The van der Waals surface area contributed by atoms with E-state index in [1.54, 1.807) is 6.08 Å². The van der Waals surface area contributed by atoms with Gasteiger partial charge in [-0.25, -0.2) is 4.79 Å². The van der Waals surface area contributed by atoms with E-state index in [2.05, 4.69) is 13.2 Å². The summed E-state index contributed by atoms with van der Waals surface area (Å²) in [6.45, 7) is 7.24. The van der Waals surface area contributed by atoms with Crippen LogP contribution in [0.4, 0.5) is 0 Å². The Morgan fingerprint density at radius 3 is 2.47 bits per heavy atom. The number of carbonyl (C=O) groups is 1. The molecular weight excluding hydrogens is 188 g/mol. The Morgan fingerprint density at radius 2 is 2.00 bits per heavy atom. The summed E-state index contributed by atoms with van der Waals surface area (Å²) in [5.41, 5.74) is 1.17. The average molecular weight is 202 g/mol. The van der Waals surface area contributed by atoms with Gasteiger partial charge in [0.15, 0.2) is 0 Å². The monoisotopic (exact) mass is 202 g/mol. The molecule has 0 saturated heterocycles. The van der Waals surface area contributed by atoms with E-state index in [1.165, 1.54) is 0 Å². The van der Waals surface area contributed by atoms with Crippen LogP contribution in [0.1, 0.15) is 17.9 Å². The van der Waals surface area contributed by atoms with E-state index in [9.17, 15) is 4.79 Å². The van der Waals surface area contributed by atoms with Gasteiger partial charge in [-0.05, 0) is 12.0 Å². The second kappa shape index (κ2) is 5.15. The van der Waals surface area contributed by atoms with Crippen LogP contribution < -0.4 is 0 Å². The van der Waals surface area contributed by atoms with Crippen LogP contribution in [0.5, 0.6) is 0 Å². The van der Waals surface area contributed by atoms with Gasteiger partial charge in [-0.3, -0.25) is 0 Å². The molecule has 1 unspecified atom stereocenters. The lowest BCUT2D eigenvalue weighted by molar-refractivity contribution is -0.132. The van der Waals surface area contributed by atoms with Crippen molar-refractivity contribution in [3.8, 4) is 0 Å². The molecule has 0 radical (unpaired) electrons. The maximum atomic E-state index is 10.9. The van der Waals surface area contributed by atoms with Gasteiger partial charge in [0, 0.05) is 11.5 Å². The third kappa shape index (κ3) is 2.81. The van der Waals surface area contributed by atoms with Crippen molar-refractivity contribution in [2.24, 2.45) is 0 Å². The van der Waals surface area contributed by atoms with Gasteiger partial charge in [-0.1, -0.05) is 43.0 Å². The molecule has 2 nitrogen and oxygen atoms in total. The van der Waals surface area contributed by atoms with E-state index in [0.717, 1.165) is 5.56 Å². The highest BCUT2D eigenvalue weighted by Gasteiger charge is 2.18. The normalized spacial score (nSPS) is 11.7. The molecule has 0 spiro atoms. The largest absolute Gasteiger partial charge is 0.478 e. The Bertz CT molecular complexity index is 365. The van der Waals surface area contributed by atoms with E-state index in [0.29, 0.717) is 6.42 Å². The lowest BCUT2D eigenvalue weighted by Crippen LogP contribution is -2.09. The van der Waals surface area contributed by atoms with Crippen LogP contribution in [0.3, 0.4) is 0 Å². The van der Waals surface area contributed by atoms with Crippen molar-refractivity contribution in [2.45, 2.75) is 12.3 Å². The molecule has 0 bridgehead atoms. The molecule has 1 N–H and O–H groups in total. The maximum absolute atomic E-state index is 10.9. The molecule has 1 aromatic rings. The Hall–Kier alpha value is -1.83. The molecule has 0 amide bonds. The zero-order valence-electron chi connectivity index (χ0n) is 8.52. The summed E-state index contributed by atoms with van der Waals surface area (Å²) in [5, 5.41) is 8.91. The minimum Gasteiger partial charge on any atom is -0.478 e. The lowest BCUT2D eigenvalue weighted by Gasteiger charge is -2.15. The minimum absolute atomic E-state index is 0.179. The van der Waals surface area contributed by atoms with Crippen LogP contribution in [0.25, 0.3) is 0 Å². The third-order valence-corrected chi connectivity index (χ3v) is 2.30. The second-order valence-electron chi connectivity index (χ2n) is 3.32. The highest BCUT2D eigenvalue weighted by atomic mass is 16.4. The first kappa shape index (κ1) is 11.2. The predicted molar refractivity (Wildman–Crippen MR) is 60.8 cm³/mol. The van der Waals surface area contributed by atoms with Crippen molar-refractivity contribution >= 4 is 5.97 Å². The predicted octanol–water partition coefficient (Wildman–Crippen LogP) is 2.99. The Kier molecular flexibility index (Phi) is 3.86. The highest BCUT2D eigenvalue weighted by molar-refractivity contribution is 5.87. The number of allylic oxidation sites excluding steroid dienone is 1. The molecule has 1 aromatic carbocycles. The van der Waals surface area contributed by atoms with Crippen LogP contribution >= 0.6 is 0 Å². The van der Waals surface area contributed by atoms with Crippen molar-refractivity contribution in [3.63, 3.8) is 0 Å². The van der Waals surface area contributed by atoms with Crippen molar-refractivity contribution in [1.29, 1.82) is 0 Å². The Balaban J connectivity index is 2.98. The standard InChI is InChI=1S/C13H14O2/c1-3-7-12(10(2)13(14)15)11-8-5-4-6-9-11/h3-6,8-9,12H,1-2,7H2,(H,14,15). The summed E-state index contributed by atoms with van der Waals surface area (Å²) < 4.78 is 0. The Morgan fingerprint density at radius 1 is 1.40 bits per heavy atom. The van der Waals surface area contributed by atoms with Crippen LogP contribution in [0, 0.1) is 0 Å².